The number of rotatable bonds is 6. The van der Waals surface area contributed by atoms with Gasteiger partial charge in [-0.25, -0.2) is 4.79 Å². The molecule has 4 N–H and O–H groups in total. The molecule has 2 aliphatic heterocycles. The summed E-state index contributed by atoms with van der Waals surface area (Å²) in [6.45, 7) is 4.98. The summed E-state index contributed by atoms with van der Waals surface area (Å²) in [4.78, 5) is 27.5. The highest BCUT2D eigenvalue weighted by atomic mass is 16.7. The molecular formula is C25H32N4O6. The molecule has 35 heavy (non-hydrogen) atoms. The first-order valence-corrected chi connectivity index (χ1v) is 11.7. The van der Waals surface area contributed by atoms with Crippen LogP contribution in [0.1, 0.15) is 19.4 Å². The van der Waals surface area contributed by atoms with E-state index in [1.165, 1.54) is 0 Å². The number of aliphatic hydroxyl groups excluding tert-OH is 1. The van der Waals surface area contributed by atoms with Crippen molar-refractivity contribution in [1.82, 2.24) is 10.2 Å². The number of ether oxygens (including phenoxy) is 3. The first kappa shape index (κ1) is 24.6. The molecule has 0 fully saturated rings. The van der Waals surface area contributed by atoms with E-state index in [2.05, 4.69) is 16.0 Å². The second-order valence-corrected chi connectivity index (χ2v) is 8.92. The molecule has 2 heterocycles. The third kappa shape index (κ3) is 5.77. The maximum absolute atomic E-state index is 13.2. The van der Waals surface area contributed by atoms with E-state index in [0.29, 0.717) is 47.3 Å². The highest BCUT2D eigenvalue weighted by molar-refractivity contribution is 6.00. The minimum Gasteiger partial charge on any atom is -0.488 e. The summed E-state index contributed by atoms with van der Waals surface area (Å²) in [5.74, 6) is 1.74. The second kappa shape index (κ2) is 10.8. The Morgan fingerprint density at radius 3 is 2.51 bits per heavy atom. The highest BCUT2D eigenvalue weighted by Gasteiger charge is 2.30. The Bertz CT molecular complexity index is 1080. The molecule has 4 rings (SSSR count). The van der Waals surface area contributed by atoms with Crippen molar-refractivity contribution in [3.63, 3.8) is 0 Å². The summed E-state index contributed by atoms with van der Waals surface area (Å²) >= 11 is 0. The number of likely N-dealkylation sites (N-methyl/N-ethyl adjacent to an activating group) is 1. The lowest BCUT2D eigenvalue weighted by Crippen LogP contribution is -2.47. The molecule has 3 atom stereocenters. The normalized spacial score (nSPS) is 20.1. The van der Waals surface area contributed by atoms with Crippen LogP contribution in [-0.2, 0) is 11.2 Å². The summed E-state index contributed by atoms with van der Waals surface area (Å²) in [5, 5.41) is 18.4. The maximum Gasteiger partial charge on any atom is 0.323 e. The van der Waals surface area contributed by atoms with Gasteiger partial charge in [0.15, 0.2) is 11.5 Å². The van der Waals surface area contributed by atoms with Crippen LogP contribution in [0.15, 0.2) is 36.4 Å². The molecule has 0 spiro atoms. The van der Waals surface area contributed by atoms with E-state index >= 15 is 0 Å². The number of anilines is 2. The Balaban J connectivity index is 1.53. The van der Waals surface area contributed by atoms with Crippen molar-refractivity contribution in [2.24, 2.45) is 5.92 Å². The Morgan fingerprint density at radius 2 is 1.80 bits per heavy atom. The number of nitrogens with zero attached hydrogens (tertiary/aromatic N) is 1. The summed E-state index contributed by atoms with van der Waals surface area (Å²) in [6, 6.07) is 9.68. The lowest BCUT2D eigenvalue weighted by Gasteiger charge is -2.32. The highest BCUT2D eigenvalue weighted by Crippen LogP contribution is 2.34. The van der Waals surface area contributed by atoms with Crippen molar-refractivity contribution >= 4 is 23.3 Å². The molecule has 2 aromatic carbocycles. The molecule has 0 aliphatic carbocycles. The molecule has 2 aliphatic rings. The number of urea groups is 1. The third-order valence-corrected chi connectivity index (χ3v) is 6.21. The van der Waals surface area contributed by atoms with Crippen molar-refractivity contribution < 1.29 is 28.9 Å². The number of fused-ring (bicyclic) bond motifs is 2. The second-order valence-electron chi connectivity index (χ2n) is 8.92. The third-order valence-electron chi connectivity index (χ3n) is 6.21. The summed E-state index contributed by atoms with van der Waals surface area (Å²) in [5.41, 5.74) is 1.75. The molecule has 0 unspecified atom stereocenters. The fourth-order valence-corrected chi connectivity index (χ4v) is 4.22. The summed E-state index contributed by atoms with van der Waals surface area (Å²) in [6.07, 6.45) is -0.0796. The van der Waals surface area contributed by atoms with Crippen molar-refractivity contribution in [2.45, 2.75) is 32.4 Å². The Kier molecular flexibility index (Phi) is 7.62. The van der Waals surface area contributed by atoms with E-state index < -0.39 is 6.03 Å². The van der Waals surface area contributed by atoms with Crippen molar-refractivity contribution in [3.05, 3.63) is 42.0 Å². The average Bonchev–Trinajstić information content (AvgIpc) is 3.31. The van der Waals surface area contributed by atoms with E-state index in [1.54, 1.807) is 41.3 Å². The molecule has 0 saturated carbocycles. The van der Waals surface area contributed by atoms with Gasteiger partial charge in [-0.15, -0.1) is 0 Å². The van der Waals surface area contributed by atoms with Gasteiger partial charge in [0.2, 0.25) is 12.7 Å². The van der Waals surface area contributed by atoms with Crippen LogP contribution >= 0.6 is 0 Å². The maximum atomic E-state index is 13.2. The minimum absolute atomic E-state index is 0.0385. The number of hydrogen-bond acceptors (Lipinski definition) is 7. The van der Waals surface area contributed by atoms with E-state index in [-0.39, 0.29) is 43.8 Å². The van der Waals surface area contributed by atoms with E-state index in [4.69, 9.17) is 14.2 Å². The van der Waals surface area contributed by atoms with E-state index in [1.807, 2.05) is 20.9 Å². The molecule has 0 saturated heterocycles. The van der Waals surface area contributed by atoms with Crippen LogP contribution in [-0.4, -0.2) is 67.6 Å². The first-order valence-electron chi connectivity index (χ1n) is 11.7. The average molecular weight is 485 g/mol. The van der Waals surface area contributed by atoms with Gasteiger partial charge < -0.3 is 40.2 Å². The molecule has 2 aromatic rings. The monoisotopic (exact) mass is 484 g/mol. The topological polar surface area (TPSA) is 121 Å². The van der Waals surface area contributed by atoms with E-state index in [9.17, 15) is 14.7 Å². The minimum atomic E-state index is -0.434. The molecule has 0 radical (unpaired) electrons. The first-order chi connectivity index (χ1) is 16.9. The van der Waals surface area contributed by atoms with E-state index in [0.717, 1.165) is 0 Å². The van der Waals surface area contributed by atoms with Crippen molar-refractivity contribution in [2.75, 3.05) is 44.2 Å². The van der Waals surface area contributed by atoms with Crippen LogP contribution in [0.25, 0.3) is 0 Å². The van der Waals surface area contributed by atoms with Crippen molar-refractivity contribution in [1.29, 1.82) is 0 Å². The molecule has 0 aromatic heterocycles. The van der Waals surface area contributed by atoms with Gasteiger partial charge in [0, 0.05) is 42.0 Å². The van der Waals surface area contributed by atoms with Gasteiger partial charge >= 0.3 is 6.03 Å². The number of aliphatic hydroxyl groups is 1. The van der Waals surface area contributed by atoms with Crippen LogP contribution in [0.5, 0.6) is 17.2 Å². The smallest absolute Gasteiger partial charge is 0.323 e. The molecular weight excluding hydrogens is 452 g/mol. The van der Waals surface area contributed by atoms with Gasteiger partial charge in [0.05, 0.1) is 19.1 Å². The summed E-state index contributed by atoms with van der Waals surface area (Å²) in [7, 11) is 1.86. The van der Waals surface area contributed by atoms with Gasteiger partial charge in [0.25, 0.3) is 0 Å². The number of carbonyl (C=O) groups excluding carboxylic acids is 2. The van der Waals surface area contributed by atoms with Crippen molar-refractivity contribution in [3.8, 4) is 17.2 Å². The zero-order valence-corrected chi connectivity index (χ0v) is 20.2. The van der Waals surface area contributed by atoms with Crippen LogP contribution in [0.2, 0.25) is 0 Å². The molecule has 0 bridgehead atoms. The largest absolute Gasteiger partial charge is 0.488 e. The quantitative estimate of drug-likeness (QED) is 0.497. The Hall–Kier alpha value is -3.50. The van der Waals surface area contributed by atoms with Crippen LogP contribution in [0.4, 0.5) is 16.2 Å². The van der Waals surface area contributed by atoms with Crippen LogP contribution in [0.3, 0.4) is 0 Å². The fourth-order valence-electron chi connectivity index (χ4n) is 4.22. The number of carbonyl (C=O) groups is 2. The molecule has 10 heteroatoms. The molecule has 10 nitrogen and oxygen atoms in total. The van der Waals surface area contributed by atoms with Gasteiger partial charge in [-0.1, -0.05) is 6.92 Å². The Labute approximate surface area is 204 Å². The lowest BCUT2D eigenvalue weighted by atomic mass is 10.0. The van der Waals surface area contributed by atoms with Gasteiger partial charge in [0.1, 0.15) is 11.9 Å². The predicted molar refractivity (Wildman–Crippen MR) is 131 cm³/mol. The standard InChI is InChI=1S/C25H32N4O6/c1-15-12-29(16(2)13-30)24(31)9-17-8-18(4-6-20(17)35-23(15)11-26-3)27-25(32)28-19-5-7-21-22(10-19)34-14-33-21/h4-8,10,15-16,23,26,30H,9,11-14H2,1-3H3,(H2,27,28,32)/t15-,16-,23-/m1/s1. The number of amides is 3. The molecule has 3 amide bonds. The zero-order chi connectivity index (χ0) is 24.9. The predicted octanol–water partition coefficient (Wildman–Crippen LogP) is 2.43. The Morgan fingerprint density at radius 1 is 1.11 bits per heavy atom. The summed E-state index contributed by atoms with van der Waals surface area (Å²) < 4.78 is 17.0. The van der Waals surface area contributed by atoms with Gasteiger partial charge in [-0.05, 0) is 44.3 Å². The molecule has 188 valence electrons. The van der Waals surface area contributed by atoms with Gasteiger partial charge in [-0.3, -0.25) is 4.79 Å². The number of hydrogen-bond donors (Lipinski definition) is 4. The number of nitrogens with one attached hydrogen (secondary N) is 3. The fraction of sp³-hybridized carbons (Fsp3) is 0.440. The van der Waals surface area contributed by atoms with Gasteiger partial charge in [-0.2, -0.15) is 0 Å². The van der Waals surface area contributed by atoms with Crippen LogP contribution in [0, 0.1) is 5.92 Å². The van der Waals surface area contributed by atoms with Crippen LogP contribution < -0.4 is 30.2 Å². The lowest BCUT2D eigenvalue weighted by molar-refractivity contribution is -0.134. The zero-order valence-electron chi connectivity index (χ0n) is 20.2. The number of benzene rings is 2. The SMILES string of the molecule is CNC[C@H]1Oc2ccc(NC(=O)Nc3ccc4c(c3)OCO4)cc2CC(=O)N([C@H](C)CO)C[C@H]1C.